The molecule has 0 aliphatic rings. The van der Waals surface area contributed by atoms with E-state index in [4.69, 9.17) is 4.74 Å². The second-order valence-electron chi connectivity index (χ2n) is 4.12. The number of rotatable bonds is 2. The normalized spacial score (nSPS) is 11.3. The average molecular weight is 202 g/mol. The van der Waals surface area contributed by atoms with Gasteiger partial charge in [0.25, 0.3) is 0 Å². The van der Waals surface area contributed by atoms with Gasteiger partial charge in [0.15, 0.2) is 0 Å². The van der Waals surface area contributed by atoms with Crippen molar-refractivity contribution in [2.45, 2.75) is 20.0 Å². The molecule has 0 saturated heterocycles. The van der Waals surface area contributed by atoms with E-state index in [-0.39, 0.29) is 6.10 Å². The molecule has 2 aromatic rings. The number of benzene rings is 1. The monoisotopic (exact) mass is 202 g/mol. The molecule has 0 fully saturated rings. The standard InChI is InChI=1S/C13H16NO/c1-9(2)15-13-8-10(3)7-12-11(13)5-6-14(12)4/h5-9H,3H2,1-2,4H3. The van der Waals surface area contributed by atoms with Crippen LogP contribution < -0.4 is 4.74 Å². The molecule has 0 bridgehead atoms. The van der Waals surface area contributed by atoms with Gasteiger partial charge in [-0.25, -0.2) is 0 Å². The van der Waals surface area contributed by atoms with Gasteiger partial charge in [-0.15, -0.1) is 0 Å². The molecular weight excluding hydrogens is 186 g/mol. The molecule has 1 aromatic carbocycles. The van der Waals surface area contributed by atoms with Gasteiger partial charge in [-0.2, -0.15) is 0 Å². The largest absolute Gasteiger partial charge is 0.490 e. The van der Waals surface area contributed by atoms with Crippen molar-refractivity contribution >= 4 is 10.9 Å². The molecule has 15 heavy (non-hydrogen) atoms. The molecule has 0 unspecified atom stereocenters. The molecule has 0 atom stereocenters. The number of nitrogens with zero attached hydrogens (tertiary/aromatic N) is 1. The fraction of sp³-hybridized carbons (Fsp3) is 0.308. The van der Waals surface area contributed by atoms with Crippen LogP contribution in [-0.2, 0) is 7.05 Å². The Morgan fingerprint density at radius 2 is 2.07 bits per heavy atom. The van der Waals surface area contributed by atoms with E-state index in [1.54, 1.807) is 0 Å². The van der Waals surface area contributed by atoms with Crippen LogP contribution in [0.3, 0.4) is 0 Å². The van der Waals surface area contributed by atoms with E-state index in [9.17, 15) is 0 Å². The first kappa shape index (κ1) is 10.1. The minimum atomic E-state index is 0.190. The quantitative estimate of drug-likeness (QED) is 0.729. The van der Waals surface area contributed by atoms with Gasteiger partial charge in [0.1, 0.15) is 5.75 Å². The molecule has 0 saturated carbocycles. The minimum absolute atomic E-state index is 0.190. The highest BCUT2D eigenvalue weighted by atomic mass is 16.5. The lowest BCUT2D eigenvalue weighted by molar-refractivity contribution is 0.245. The Bertz CT molecular complexity index is 482. The Morgan fingerprint density at radius 1 is 1.33 bits per heavy atom. The summed E-state index contributed by atoms with van der Waals surface area (Å²) in [6.07, 6.45) is 2.23. The summed E-state index contributed by atoms with van der Waals surface area (Å²) >= 11 is 0. The van der Waals surface area contributed by atoms with Crippen LogP contribution in [0, 0.1) is 6.92 Å². The van der Waals surface area contributed by atoms with Gasteiger partial charge >= 0.3 is 0 Å². The number of fused-ring (bicyclic) bond motifs is 1. The maximum absolute atomic E-state index is 5.77. The number of aromatic nitrogens is 1. The van der Waals surface area contributed by atoms with E-state index in [1.807, 2.05) is 33.2 Å². The minimum Gasteiger partial charge on any atom is -0.490 e. The Balaban J connectivity index is 2.61. The second-order valence-corrected chi connectivity index (χ2v) is 4.12. The van der Waals surface area contributed by atoms with Crippen LogP contribution in [0.25, 0.3) is 10.9 Å². The fourth-order valence-corrected chi connectivity index (χ4v) is 1.74. The number of ether oxygens (including phenoxy) is 1. The molecule has 79 valence electrons. The third-order valence-corrected chi connectivity index (χ3v) is 2.39. The molecule has 0 aliphatic heterocycles. The molecule has 2 heteroatoms. The zero-order valence-electron chi connectivity index (χ0n) is 9.45. The Morgan fingerprint density at radius 3 is 2.73 bits per heavy atom. The highest BCUT2D eigenvalue weighted by molar-refractivity contribution is 5.87. The Labute approximate surface area is 90.5 Å². The van der Waals surface area contributed by atoms with Crippen molar-refractivity contribution in [2.75, 3.05) is 0 Å². The van der Waals surface area contributed by atoms with Gasteiger partial charge in [-0.05, 0) is 44.5 Å². The van der Waals surface area contributed by atoms with Crippen LogP contribution >= 0.6 is 0 Å². The molecule has 1 radical (unpaired) electrons. The average Bonchev–Trinajstić information content (AvgIpc) is 2.47. The van der Waals surface area contributed by atoms with Gasteiger partial charge < -0.3 is 9.30 Å². The highest BCUT2D eigenvalue weighted by Gasteiger charge is 2.07. The molecule has 1 heterocycles. The molecule has 0 aliphatic carbocycles. The summed E-state index contributed by atoms with van der Waals surface area (Å²) in [6, 6.07) is 6.14. The predicted molar refractivity (Wildman–Crippen MR) is 63.1 cm³/mol. The van der Waals surface area contributed by atoms with Crippen LogP contribution in [0.4, 0.5) is 0 Å². The summed E-state index contributed by atoms with van der Waals surface area (Å²) < 4.78 is 7.85. The van der Waals surface area contributed by atoms with Crippen molar-refractivity contribution in [3.8, 4) is 5.75 Å². The van der Waals surface area contributed by atoms with E-state index in [2.05, 4.69) is 23.6 Å². The summed E-state index contributed by atoms with van der Waals surface area (Å²) in [6.45, 7) is 8.03. The maximum Gasteiger partial charge on any atom is 0.129 e. The van der Waals surface area contributed by atoms with E-state index in [0.29, 0.717) is 0 Å². The molecule has 0 amide bonds. The summed E-state index contributed by atoms with van der Waals surface area (Å²) in [5, 5.41) is 1.15. The molecule has 2 nitrogen and oxygen atoms in total. The van der Waals surface area contributed by atoms with Crippen molar-refractivity contribution < 1.29 is 4.74 Å². The second kappa shape index (κ2) is 3.61. The van der Waals surface area contributed by atoms with E-state index >= 15 is 0 Å². The fourth-order valence-electron chi connectivity index (χ4n) is 1.74. The van der Waals surface area contributed by atoms with Crippen LogP contribution in [0.1, 0.15) is 19.4 Å². The molecule has 1 aromatic heterocycles. The lowest BCUT2D eigenvalue weighted by atomic mass is 10.1. The molecule has 2 rings (SSSR count). The van der Waals surface area contributed by atoms with Crippen molar-refractivity contribution in [3.05, 3.63) is 36.9 Å². The Kier molecular flexibility index (Phi) is 2.43. The van der Waals surface area contributed by atoms with Crippen molar-refractivity contribution in [1.82, 2.24) is 4.57 Å². The van der Waals surface area contributed by atoms with E-state index in [0.717, 1.165) is 22.2 Å². The number of hydrogen-bond acceptors (Lipinski definition) is 1. The zero-order valence-corrected chi connectivity index (χ0v) is 9.45. The van der Waals surface area contributed by atoms with Gasteiger partial charge in [-0.3, -0.25) is 0 Å². The van der Waals surface area contributed by atoms with Crippen LogP contribution in [0.2, 0.25) is 0 Å². The summed E-state index contributed by atoms with van der Waals surface area (Å²) in [5.41, 5.74) is 2.15. The number of aryl methyl sites for hydroxylation is 1. The van der Waals surface area contributed by atoms with E-state index in [1.165, 1.54) is 0 Å². The highest BCUT2D eigenvalue weighted by Crippen LogP contribution is 2.28. The zero-order chi connectivity index (χ0) is 11.0. The summed E-state index contributed by atoms with van der Waals surface area (Å²) in [4.78, 5) is 0. The smallest absolute Gasteiger partial charge is 0.129 e. The van der Waals surface area contributed by atoms with Crippen LogP contribution in [-0.4, -0.2) is 10.7 Å². The number of hydrogen-bond donors (Lipinski definition) is 0. The van der Waals surface area contributed by atoms with Crippen LogP contribution in [0.15, 0.2) is 24.4 Å². The molecule has 0 N–H and O–H groups in total. The predicted octanol–water partition coefficient (Wildman–Crippen LogP) is 3.15. The third-order valence-electron chi connectivity index (χ3n) is 2.39. The summed E-state index contributed by atoms with van der Waals surface area (Å²) in [5.74, 6) is 0.924. The lowest BCUT2D eigenvalue weighted by Crippen LogP contribution is -2.05. The van der Waals surface area contributed by atoms with E-state index < -0.39 is 0 Å². The first-order valence-corrected chi connectivity index (χ1v) is 5.15. The molecule has 0 spiro atoms. The van der Waals surface area contributed by atoms with Crippen molar-refractivity contribution in [1.29, 1.82) is 0 Å². The first-order valence-electron chi connectivity index (χ1n) is 5.15. The van der Waals surface area contributed by atoms with Crippen LogP contribution in [0.5, 0.6) is 5.75 Å². The van der Waals surface area contributed by atoms with Gasteiger partial charge in [0, 0.05) is 18.6 Å². The lowest BCUT2D eigenvalue weighted by Gasteiger charge is -2.12. The van der Waals surface area contributed by atoms with Gasteiger partial charge in [0.05, 0.1) is 11.6 Å². The van der Waals surface area contributed by atoms with Gasteiger partial charge in [0.2, 0.25) is 0 Å². The third kappa shape index (κ3) is 1.84. The van der Waals surface area contributed by atoms with Crippen molar-refractivity contribution in [3.63, 3.8) is 0 Å². The first-order chi connectivity index (χ1) is 7.08. The topological polar surface area (TPSA) is 14.2 Å². The Hall–Kier alpha value is -1.44. The van der Waals surface area contributed by atoms with Gasteiger partial charge in [-0.1, -0.05) is 0 Å². The summed E-state index contributed by atoms with van der Waals surface area (Å²) in [7, 11) is 2.03. The molecular formula is C13H16NO. The van der Waals surface area contributed by atoms with Crippen molar-refractivity contribution in [2.24, 2.45) is 7.05 Å². The SMILES string of the molecule is [CH2]c1cc(OC(C)C)c2ccn(C)c2c1. The maximum atomic E-state index is 5.77.